The van der Waals surface area contributed by atoms with E-state index in [1.165, 1.54) is 13.2 Å². The Kier molecular flexibility index (Phi) is 6.77. The first kappa shape index (κ1) is 15.9. The van der Waals surface area contributed by atoms with Gasteiger partial charge in [0.05, 0.1) is 13.7 Å². The number of methoxy groups -OCH3 is 1. The lowest BCUT2D eigenvalue weighted by molar-refractivity contribution is 0.197. The molecule has 1 atom stereocenters. The number of aliphatic hydroxyl groups is 1. The van der Waals surface area contributed by atoms with Crippen LogP contribution in [-0.4, -0.2) is 43.4 Å². The predicted molar refractivity (Wildman–Crippen MR) is 73.7 cm³/mol. The fourth-order valence-corrected chi connectivity index (χ4v) is 2.09. The number of hydrogen-bond acceptors (Lipinski definition) is 4. The lowest BCUT2D eigenvalue weighted by Gasteiger charge is -2.22. The Balaban J connectivity index is 2.70. The molecule has 0 spiro atoms. The summed E-state index contributed by atoms with van der Waals surface area (Å²) in [6.07, 6.45) is 0.616. The van der Waals surface area contributed by atoms with Crippen LogP contribution in [0.5, 0.6) is 5.75 Å². The summed E-state index contributed by atoms with van der Waals surface area (Å²) in [5.74, 6) is 0.148. The first-order chi connectivity index (χ1) is 9.13. The van der Waals surface area contributed by atoms with E-state index < -0.39 is 6.04 Å². The molecule has 0 saturated heterocycles. The van der Waals surface area contributed by atoms with E-state index >= 15 is 0 Å². The highest BCUT2D eigenvalue weighted by Gasteiger charge is 2.17. The zero-order chi connectivity index (χ0) is 14.3. The molecule has 0 aliphatic rings. The smallest absolute Gasteiger partial charge is 0.131 e. The second-order valence-electron chi connectivity index (χ2n) is 4.41. The van der Waals surface area contributed by atoms with Crippen molar-refractivity contribution in [2.24, 2.45) is 5.73 Å². The van der Waals surface area contributed by atoms with Crippen LogP contribution < -0.4 is 10.5 Å². The number of rotatable bonds is 8. The summed E-state index contributed by atoms with van der Waals surface area (Å²) in [5, 5.41) is 8.92. The molecule has 1 aromatic carbocycles. The highest BCUT2D eigenvalue weighted by Crippen LogP contribution is 2.28. The molecule has 3 N–H and O–H groups in total. The molecule has 0 amide bonds. The lowest BCUT2D eigenvalue weighted by Crippen LogP contribution is -2.30. The van der Waals surface area contributed by atoms with Gasteiger partial charge < -0.3 is 20.5 Å². The van der Waals surface area contributed by atoms with Gasteiger partial charge in [0.15, 0.2) is 0 Å². The van der Waals surface area contributed by atoms with E-state index in [9.17, 15) is 4.39 Å². The number of hydrogen-bond donors (Lipinski definition) is 2. The average molecular weight is 270 g/mol. The van der Waals surface area contributed by atoms with Crippen LogP contribution in [0.15, 0.2) is 18.2 Å². The molecule has 0 aromatic heterocycles. The minimum atomic E-state index is -0.413. The van der Waals surface area contributed by atoms with Gasteiger partial charge in [-0.05, 0) is 25.1 Å². The van der Waals surface area contributed by atoms with E-state index in [-0.39, 0.29) is 12.4 Å². The van der Waals surface area contributed by atoms with Crippen LogP contribution in [0.3, 0.4) is 0 Å². The summed E-state index contributed by atoms with van der Waals surface area (Å²) in [6.45, 7) is 4.30. The summed E-state index contributed by atoms with van der Waals surface area (Å²) in [7, 11) is 1.51. The number of nitrogens with zero attached hydrogens (tertiary/aromatic N) is 1. The lowest BCUT2D eigenvalue weighted by atomic mass is 10.0. The van der Waals surface area contributed by atoms with Gasteiger partial charge in [0.1, 0.15) is 11.6 Å². The fraction of sp³-hybridized carbons (Fsp3) is 0.571. The first-order valence-electron chi connectivity index (χ1n) is 6.55. The van der Waals surface area contributed by atoms with E-state index in [4.69, 9.17) is 15.6 Å². The molecule has 0 saturated carbocycles. The van der Waals surface area contributed by atoms with Crippen LogP contribution in [0.1, 0.15) is 24.9 Å². The maximum atomic E-state index is 13.8. The molecule has 5 heteroatoms. The van der Waals surface area contributed by atoms with Gasteiger partial charge in [-0.25, -0.2) is 4.39 Å². The molecule has 1 rings (SSSR count). The summed E-state index contributed by atoms with van der Waals surface area (Å²) >= 11 is 0. The fourth-order valence-electron chi connectivity index (χ4n) is 2.09. The molecular formula is C14H23FN2O2. The highest BCUT2D eigenvalue weighted by atomic mass is 19.1. The van der Waals surface area contributed by atoms with Crippen LogP contribution in [0.2, 0.25) is 0 Å². The van der Waals surface area contributed by atoms with Crippen molar-refractivity contribution in [2.45, 2.75) is 19.4 Å². The molecule has 4 nitrogen and oxygen atoms in total. The van der Waals surface area contributed by atoms with E-state index in [2.05, 4.69) is 4.90 Å². The predicted octanol–water partition coefficient (Wildman–Crippen LogP) is 1.54. The molecular weight excluding hydrogens is 247 g/mol. The summed E-state index contributed by atoms with van der Waals surface area (Å²) in [6, 6.07) is 4.30. The van der Waals surface area contributed by atoms with Gasteiger partial charge in [-0.15, -0.1) is 0 Å². The molecule has 0 fully saturated rings. The van der Waals surface area contributed by atoms with E-state index in [1.807, 2.05) is 6.92 Å². The Morgan fingerprint density at radius 2 is 2.16 bits per heavy atom. The SMILES string of the molecule is CCN(CCO)CCC(N)c1c(F)cccc1OC. The van der Waals surface area contributed by atoms with Gasteiger partial charge >= 0.3 is 0 Å². The van der Waals surface area contributed by atoms with Crippen molar-refractivity contribution in [2.75, 3.05) is 33.4 Å². The number of halogens is 1. The Morgan fingerprint density at radius 1 is 1.42 bits per heavy atom. The van der Waals surface area contributed by atoms with E-state index in [1.54, 1.807) is 12.1 Å². The van der Waals surface area contributed by atoms with Gasteiger partial charge in [-0.3, -0.25) is 0 Å². The highest BCUT2D eigenvalue weighted by molar-refractivity contribution is 5.37. The zero-order valence-corrected chi connectivity index (χ0v) is 11.6. The van der Waals surface area contributed by atoms with Crippen molar-refractivity contribution in [3.8, 4) is 5.75 Å². The zero-order valence-electron chi connectivity index (χ0n) is 11.6. The van der Waals surface area contributed by atoms with Crippen molar-refractivity contribution < 1.29 is 14.2 Å². The summed E-state index contributed by atoms with van der Waals surface area (Å²) in [4.78, 5) is 2.08. The molecule has 1 aromatic rings. The van der Waals surface area contributed by atoms with Crippen molar-refractivity contribution in [1.29, 1.82) is 0 Å². The van der Waals surface area contributed by atoms with E-state index in [0.29, 0.717) is 24.3 Å². The maximum absolute atomic E-state index is 13.8. The molecule has 1 unspecified atom stereocenters. The number of aliphatic hydroxyl groups excluding tert-OH is 1. The van der Waals surface area contributed by atoms with Crippen LogP contribution >= 0.6 is 0 Å². The molecule has 108 valence electrons. The molecule has 0 aliphatic heterocycles. The van der Waals surface area contributed by atoms with Gasteiger partial charge in [0.2, 0.25) is 0 Å². The third kappa shape index (κ3) is 4.45. The van der Waals surface area contributed by atoms with Crippen molar-refractivity contribution in [3.05, 3.63) is 29.6 Å². The van der Waals surface area contributed by atoms with E-state index in [0.717, 1.165) is 13.1 Å². The summed E-state index contributed by atoms with van der Waals surface area (Å²) in [5.41, 5.74) is 6.48. The van der Waals surface area contributed by atoms with Crippen LogP contribution in [0.25, 0.3) is 0 Å². The Labute approximate surface area is 114 Å². The van der Waals surface area contributed by atoms with Gasteiger partial charge in [0.25, 0.3) is 0 Å². The van der Waals surface area contributed by atoms with Gasteiger partial charge in [-0.2, -0.15) is 0 Å². The minimum Gasteiger partial charge on any atom is -0.496 e. The number of benzene rings is 1. The quantitative estimate of drug-likeness (QED) is 0.752. The minimum absolute atomic E-state index is 0.117. The summed E-state index contributed by atoms with van der Waals surface area (Å²) < 4.78 is 19.0. The molecule has 0 heterocycles. The Morgan fingerprint density at radius 3 is 2.74 bits per heavy atom. The number of likely N-dealkylation sites (N-methyl/N-ethyl adjacent to an activating group) is 1. The normalized spacial score (nSPS) is 12.7. The number of ether oxygens (including phenoxy) is 1. The largest absolute Gasteiger partial charge is 0.496 e. The standard InChI is InChI=1S/C14H23FN2O2/c1-3-17(9-10-18)8-7-12(16)14-11(15)5-4-6-13(14)19-2/h4-6,12,18H,3,7-10,16H2,1-2H3. The van der Waals surface area contributed by atoms with Gasteiger partial charge in [0, 0.05) is 24.7 Å². The monoisotopic (exact) mass is 270 g/mol. The topological polar surface area (TPSA) is 58.7 Å². The van der Waals surface area contributed by atoms with Gasteiger partial charge in [-0.1, -0.05) is 13.0 Å². The average Bonchev–Trinajstić information content (AvgIpc) is 2.42. The van der Waals surface area contributed by atoms with Crippen molar-refractivity contribution in [1.82, 2.24) is 4.90 Å². The second-order valence-corrected chi connectivity index (χ2v) is 4.41. The van der Waals surface area contributed by atoms with Crippen LogP contribution in [0.4, 0.5) is 4.39 Å². The third-order valence-electron chi connectivity index (χ3n) is 3.22. The third-order valence-corrected chi connectivity index (χ3v) is 3.22. The van der Waals surface area contributed by atoms with Crippen LogP contribution in [-0.2, 0) is 0 Å². The first-order valence-corrected chi connectivity index (χ1v) is 6.55. The molecule has 19 heavy (non-hydrogen) atoms. The van der Waals surface area contributed by atoms with Crippen LogP contribution in [0, 0.1) is 5.82 Å². The molecule has 0 aliphatic carbocycles. The Hall–Kier alpha value is -1.17. The second kappa shape index (κ2) is 8.09. The van der Waals surface area contributed by atoms with Crippen molar-refractivity contribution >= 4 is 0 Å². The molecule has 0 radical (unpaired) electrons. The Bertz CT molecular complexity index is 388. The molecule has 0 bridgehead atoms. The maximum Gasteiger partial charge on any atom is 0.131 e. The van der Waals surface area contributed by atoms with Crippen molar-refractivity contribution in [3.63, 3.8) is 0 Å². The number of nitrogens with two attached hydrogens (primary N) is 1.